The molecule has 18 heteroatoms. The molecule has 10 atom stereocenters. The number of amides is 1. The number of hydrogen-bond donors (Lipinski definition) is 2. The molecular formula is C31H42NNa3O12S2. The minimum atomic E-state index is -5.18. The second-order valence-corrected chi connectivity index (χ2v) is 16.5. The number of carboxylic acids is 1. The van der Waals surface area contributed by atoms with Crippen molar-refractivity contribution >= 4 is 38.4 Å². The van der Waals surface area contributed by atoms with Crippen molar-refractivity contribution in [3.8, 4) is 5.75 Å². The van der Waals surface area contributed by atoms with Gasteiger partial charge >= 0.3 is 94.6 Å². The van der Waals surface area contributed by atoms with Gasteiger partial charge in [0.1, 0.15) is 12.2 Å². The second-order valence-electron chi connectivity index (χ2n) is 14.5. The van der Waals surface area contributed by atoms with E-state index in [-0.39, 0.29) is 143 Å². The van der Waals surface area contributed by atoms with E-state index in [0.717, 1.165) is 44.6 Å². The van der Waals surface area contributed by atoms with Gasteiger partial charge in [0.05, 0.1) is 5.56 Å². The predicted molar refractivity (Wildman–Crippen MR) is 160 cm³/mol. The number of carbonyl (C=O) groups excluding carboxylic acids is 1. The van der Waals surface area contributed by atoms with E-state index in [0.29, 0.717) is 24.2 Å². The molecule has 4 aliphatic rings. The number of hydrogen-bond acceptors (Lipinski definition) is 11. The van der Waals surface area contributed by atoms with E-state index in [1.54, 1.807) is 0 Å². The molecule has 0 aromatic heterocycles. The van der Waals surface area contributed by atoms with Crippen molar-refractivity contribution in [3.63, 3.8) is 0 Å². The van der Waals surface area contributed by atoms with Crippen molar-refractivity contribution in [2.75, 3.05) is 5.32 Å². The number of nitrogens with one attached hydrogen (secondary N) is 1. The molecule has 4 aliphatic carbocycles. The van der Waals surface area contributed by atoms with Crippen LogP contribution < -0.4 is 99.1 Å². The zero-order valence-electron chi connectivity index (χ0n) is 29.2. The maximum atomic E-state index is 12.8. The number of carboxylic acid groups (broad SMARTS) is 1. The molecule has 0 unspecified atom stereocenters. The number of carbonyl (C=O) groups is 2. The summed E-state index contributed by atoms with van der Waals surface area (Å²) in [5, 5.41) is 23.6. The van der Waals surface area contributed by atoms with Gasteiger partial charge in [0.25, 0.3) is 0 Å². The van der Waals surface area contributed by atoms with Crippen molar-refractivity contribution in [2.45, 2.75) is 97.2 Å². The maximum absolute atomic E-state index is 12.8. The molecule has 49 heavy (non-hydrogen) atoms. The Morgan fingerprint density at radius 1 is 0.939 bits per heavy atom. The summed E-state index contributed by atoms with van der Waals surface area (Å²) in [7, 11) is -10.3. The van der Waals surface area contributed by atoms with Crippen molar-refractivity contribution in [1.82, 2.24) is 0 Å². The van der Waals surface area contributed by atoms with Crippen LogP contribution in [0.2, 0.25) is 0 Å². The normalized spacial score (nSPS) is 34.3. The summed E-state index contributed by atoms with van der Waals surface area (Å²) in [5.74, 6) is -0.681. The molecule has 13 nitrogen and oxygen atoms in total. The third-order valence-corrected chi connectivity index (χ3v) is 13.2. The molecule has 0 spiro atoms. The summed E-state index contributed by atoms with van der Waals surface area (Å²) >= 11 is 0. The average Bonchev–Trinajstić information content (AvgIpc) is 3.29. The monoisotopic (exact) mass is 753 g/mol. The molecular weight excluding hydrogens is 711 g/mol. The van der Waals surface area contributed by atoms with E-state index in [1.165, 1.54) is 12.1 Å². The van der Waals surface area contributed by atoms with Crippen LogP contribution in [-0.4, -0.2) is 55.1 Å². The van der Waals surface area contributed by atoms with E-state index < -0.39 is 55.7 Å². The molecule has 0 radical (unpaired) electrons. The van der Waals surface area contributed by atoms with Gasteiger partial charge in [-0.25, -0.2) is 21.6 Å². The molecule has 4 fully saturated rings. The molecule has 0 bridgehead atoms. The first-order valence-corrected chi connectivity index (χ1v) is 18.6. The molecule has 1 amide bonds. The van der Waals surface area contributed by atoms with E-state index in [4.69, 9.17) is 8.37 Å². The van der Waals surface area contributed by atoms with Crippen LogP contribution in [-0.2, 0) is 34.0 Å². The standard InChI is InChI=1S/C31H45NO12S2.3Na/c1-17(4-11-28(34)32-19-6-10-25(33)21(15-19)29(35)36)22-8-9-23-20-7-5-18-14-26(43-45(37,38)39)27(44-46(40,41)42)16-31(18,3)24(20)12-13-30(22,23)2;;;/h6,10,15,17-18,20,22-24,26-27,33H,4-5,7-9,11-14,16H2,1-3H3,(H,32,34)(H,35,36)(H,37,38,39)(H,40,41,42);;;/q;3*+1/p-3/t17-,18+,20+,22-,23+,24+,26+,27+,30-,31+;;;/m1.../s1. The van der Waals surface area contributed by atoms with Crippen LogP contribution in [0.5, 0.6) is 5.75 Å². The van der Waals surface area contributed by atoms with Crippen LogP contribution in [0.1, 0.15) is 95.3 Å². The first-order chi connectivity index (χ1) is 21.3. The van der Waals surface area contributed by atoms with E-state index in [9.17, 15) is 45.7 Å². The van der Waals surface area contributed by atoms with Gasteiger partial charge in [-0.15, -0.1) is 0 Å². The molecule has 1 aromatic rings. The van der Waals surface area contributed by atoms with Gasteiger partial charge in [-0.05, 0) is 116 Å². The average molecular weight is 754 g/mol. The van der Waals surface area contributed by atoms with Gasteiger partial charge in [0.2, 0.25) is 26.7 Å². The fourth-order valence-corrected chi connectivity index (χ4v) is 11.3. The molecule has 1 aromatic carbocycles. The maximum Gasteiger partial charge on any atom is 1.00 e. The first-order valence-electron chi connectivity index (χ1n) is 15.9. The zero-order chi connectivity index (χ0) is 33.8. The smallest absolute Gasteiger partial charge is 0.872 e. The Kier molecular flexibility index (Phi) is 16.3. The van der Waals surface area contributed by atoms with E-state index in [1.807, 2.05) is 0 Å². The molecule has 5 rings (SSSR count). The fraction of sp³-hybridized carbons (Fsp3) is 0.742. The second kappa shape index (κ2) is 17.4. The third-order valence-electron chi connectivity index (χ3n) is 12.2. The summed E-state index contributed by atoms with van der Waals surface area (Å²) in [4.78, 5) is 24.0. The number of fused-ring (bicyclic) bond motifs is 5. The summed E-state index contributed by atoms with van der Waals surface area (Å²) in [5.41, 5.74) is -0.532. The van der Waals surface area contributed by atoms with Gasteiger partial charge in [0.15, 0.2) is 0 Å². The largest absolute Gasteiger partial charge is 1.00 e. The van der Waals surface area contributed by atoms with Crippen LogP contribution in [0.4, 0.5) is 5.69 Å². The molecule has 258 valence electrons. The molecule has 0 aliphatic heterocycles. The minimum absolute atomic E-state index is 0. The Balaban J connectivity index is 0.00000278. The molecule has 2 N–H and O–H groups in total. The molecule has 0 heterocycles. The Morgan fingerprint density at radius 3 is 2.16 bits per heavy atom. The van der Waals surface area contributed by atoms with Crippen LogP contribution in [0, 0.1) is 46.3 Å². The molecule has 4 saturated carbocycles. The fourth-order valence-electron chi connectivity index (χ4n) is 10.3. The van der Waals surface area contributed by atoms with Crippen molar-refractivity contribution in [2.24, 2.45) is 46.3 Å². The number of benzene rings is 1. The number of rotatable bonds is 10. The Morgan fingerprint density at radius 2 is 1.55 bits per heavy atom. The van der Waals surface area contributed by atoms with Gasteiger partial charge in [-0.1, -0.05) is 32.6 Å². The van der Waals surface area contributed by atoms with Crippen molar-refractivity contribution in [1.29, 1.82) is 0 Å². The Hall–Kier alpha value is 0.700. The summed E-state index contributed by atoms with van der Waals surface area (Å²) in [6, 6.07) is 3.69. The first kappa shape index (κ1) is 45.9. The molecule has 0 saturated heterocycles. The van der Waals surface area contributed by atoms with Crippen LogP contribution in [0.25, 0.3) is 0 Å². The van der Waals surface area contributed by atoms with Gasteiger partial charge in [0, 0.05) is 12.1 Å². The number of anilines is 1. The van der Waals surface area contributed by atoms with Gasteiger partial charge in [-0.2, -0.15) is 0 Å². The quantitative estimate of drug-likeness (QED) is 0.130. The zero-order valence-corrected chi connectivity index (χ0v) is 36.8. The topological polar surface area (TPSA) is 222 Å². The SMILES string of the molecule is C[C@H](CCC(=O)Nc1ccc([O-])c(C(=O)O)c1)[C@H]1CC[C@H]2[C@@H]3CC[C@H]4C[C@H](OS(=O)(=O)[O-])[C@@H](OS(=O)(=O)[O-])C[C@]4(C)[C@H]3CC[C@]12C.[Na+].[Na+].[Na+]. The minimum Gasteiger partial charge on any atom is -0.872 e. The van der Waals surface area contributed by atoms with E-state index in [2.05, 4.69) is 26.1 Å². The van der Waals surface area contributed by atoms with Gasteiger partial charge in [-0.3, -0.25) is 13.2 Å². The summed E-state index contributed by atoms with van der Waals surface area (Å²) in [6.07, 6.45) is 3.92. The predicted octanol–water partition coefficient (Wildman–Crippen LogP) is -5.22. The van der Waals surface area contributed by atoms with Crippen LogP contribution in [0.15, 0.2) is 18.2 Å². The van der Waals surface area contributed by atoms with Gasteiger partial charge < -0.3 is 24.6 Å². The van der Waals surface area contributed by atoms with E-state index >= 15 is 0 Å². The third kappa shape index (κ3) is 10.3. The Bertz CT molecular complexity index is 1580. The Labute approximate surface area is 355 Å². The summed E-state index contributed by atoms with van der Waals surface area (Å²) < 4.78 is 78.5. The summed E-state index contributed by atoms with van der Waals surface area (Å²) in [6.45, 7) is 6.58. The van der Waals surface area contributed by atoms with Crippen LogP contribution in [0.3, 0.4) is 0 Å². The van der Waals surface area contributed by atoms with Crippen molar-refractivity contribution in [3.05, 3.63) is 23.8 Å². The van der Waals surface area contributed by atoms with Crippen molar-refractivity contribution < 1.29 is 143 Å². The number of aromatic carboxylic acids is 1. The van der Waals surface area contributed by atoms with Crippen LogP contribution >= 0.6 is 0 Å².